The molecule has 0 spiro atoms. The Kier molecular flexibility index (Phi) is 4.16. The molecule has 4 aromatic rings. The van der Waals surface area contributed by atoms with E-state index in [0.29, 0.717) is 0 Å². The lowest BCUT2D eigenvalue weighted by atomic mass is 10.1. The Labute approximate surface area is 157 Å². The van der Waals surface area contributed by atoms with Crippen LogP contribution in [0.5, 0.6) is 0 Å². The van der Waals surface area contributed by atoms with E-state index in [9.17, 15) is 0 Å². The average Bonchev–Trinajstić information content (AvgIpc) is 3.19. The van der Waals surface area contributed by atoms with Crippen molar-refractivity contribution in [3.05, 3.63) is 88.6 Å². The van der Waals surface area contributed by atoms with Gasteiger partial charge in [-0.1, -0.05) is 36.4 Å². The van der Waals surface area contributed by atoms with Crippen molar-refractivity contribution in [3.63, 3.8) is 0 Å². The van der Waals surface area contributed by atoms with Gasteiger partial charge in [0, 0.05) is 28.0 Å². The minimum Gasteiger partial charge on any atom is -0.318 e. The fraction of sp³-hybridized carbons (Fsp3) is 0.143. The minimum absolute atomic E-state index is 0. The number of nitrogens with zero attached hydrogens (tertiary/aromatic N) is 1. The predicted molar refractivity (Wildman–Crippen MR) is 108 cm³/mol. The van der Waals surface area contributed by atoms with Crippen LogP contribution in [-0.4, -0.2) is 4.57 Å². The zero-order valence-corrected chi connectivity index (χ0v) is 15.5. The second-order valence-corrected chi connectivity index (χ2v) is 7.50. The smallest absolute Gasteiger partial charge is 0.0831 e. The van der Waals surface area contributed by atoms with Gasteiger partial charge in [0.15, 0.2) is 0 Å². The van der Waals surface area contributed by atoms with Crippen molar-refractivity contribution < 1.29 is 0 Å². The molecule has 5 rings (SSSR count). The highest BCUT2D eigenvalue weighted by Crippen LogP contribution is 2.37. The number of hydrogen-bond donors (Lipinski definition) is 1. The van der Waals surface area contributed by atoms with E-state index in [1.165, 1.54) is 37.5 Å². The van der Waals surface area contributed by atoms with Crippen LogP contribution in [0, 0.1) is 6.92 Å². The zero-order chi connectivity index (χ0) is 16.1. The molecule has 0 bridgehead atoms. The van der Waals surface area contributed by atoms with Crippen LogP contribution in [0.3, 0.4) is 0 Å². The summed E-state index contributed by atoms with van der Waals surface area (Å²) in [5.74, 6) is 0. The molecule has 126 valence electrons. The van der Waals surface area contributed by atoms with E-state index in [2.05, 4.69) is 83.7 Å². The summed E-state index contributed by atoms with van der Waals surface area (Å²) in [7, 11) is 0. The van der Waals surface area contributed by atoms with Gasteiger partial charge in [0.1, 0.15) is 0 Å². The number of thiophene rings is 1. The molecule has 2 aromatic carbocycles. The maximum absolute atomic E-state index is 3.77. The van der Waals surface area contributed by atoms with Gasteiger partial charge in [-0.3, -0.25) is 0 Å². The summed E-state index contributed by atoms with van der Waals surface area (Å²) >= 11 is 1.89. The summed E-state index contributed by atoms with van der Waals surface area (Å²) in [6.45, 7) is 3.08. The topological polar surface area (TPSA) is 17.0 Å². The first-order valence-corrected chi connectivity index (χ1v) is 9.11. The standard InChI is InChI=1S/C21H18N2S.ClH/c1-14-6-4-8-16-13-22-20(17-9-5-11-23(17)21(14)16)19-12-15-7-2-3-10-18(15)24-19;/h2-12,20,22H,13H2,1H3;1H. The van der Waals surface area contributed by atoms with Crippen molar-refractivity contribution in [1.82, 2.24) is 9.88 Å². The Hall–Kier alpha value is -2.07. The number of aromatic nitrogens is 1. The molecule has 0 saturated heterocycles. The van der Waals surface area contributed by atoms with Gasteiger partial charge >= 0.3 is 0 Å². The third-order valence-electron chi connectivity index (χ3n) is 4.86. The molecule has 0 amide bonds. The first kappa shape index (κ1) is 16.4. The normalized spacial score (nSPS) is 16.0. The van der Waals surface area contributed by atoms with Gasteiger partial charge in [-0.05, 0) is 47.7 Å². The predicted octanol–water partition coefficient (Wildman–Crippen LogP) is 5.61. The fourth-order valence-electron chi connectivity index (χ4n) is 3.75. The SMILES string of the molecule is Cc1cccc2c1-n1cccc1C(c1cc3ccccc3s1)NC2.Cl. The summed E-state index contributed by atoms with van der Waals surface area (Å²) in [5.41, 5.74) is 5.32. The van der Waals surface area contributed by atoms with Crippen molar-refractivity contribution in [3.8, 4) is 5.69 Å². The van der Waals surface area contributed by atoms with Gasteiger partial charge < -0.3 is 9.88 Å². The van der Waals surface area contributed by atoms with Crippen LogP contribution in [0.2, 0.25) is 0 Å². The number of nitrogens with one attached hydrogen (secondary N) is 1. The molecule has 1 N–H and O–H groups in total. The Bertz CT molecular complexity index is 1010. The largest absolute Gasteiger partial charge is 0.318 e. The van der Waals surface area contributed by atoms with Crippen LogP contribution < -0.4 is 5.32 Å². The lowest BCUT2D eigenvalue weighted by Gasteiger charge is -2.16. The van der Waals surface area contributed by atoms with E-state index < -0.39 is 0 Å². The quantitative estimate of drug-likeness (QED) is 0.463. The number of aryl methyl sites for hydroxylation is 1. The van der Waals surface area contributed by atoms with Crippen molar-refractivity contribution >= 4 is 33.8 Å². The van der Waals surface area contributed by atoms with Crippen molar-refractivity contribution in [1.29, 1.82) is 0 Å². The molecule has 1 unspecified atom stereocenters. The molecule has 0 aliphatic carbocycles. The van der Waals surface area contributed by atoms with Crippen LogP contribution in [-0.2, 0) is 6.54 Å². The summed E-state index contributed by atoms with van der Waals surface area (Å²) in [5, 5.41) is 5.10. The molecule has 1 aliphatic heterocycles. The number of hydrogen-bond acceptors (Lipinski definition) is 2. The van der Waals surface area contributed by atoms with Crippen LogP contribution in [0.4, 0.5) is 0 Å². The van der Waals surface area contributed by atoms with Gasteiger partial charge in [0.05, 0.1) is 11.7 Å². The summed E-state index contributed by atoms with van der Waals surface area (Å²) < 4.78 is 3.71. The third-order valence-corrected chi connectivity index (χ3v) is 6.04. The molecule has 0 radical (unpaired) electrons. The zero-order valence-electron chi connectivity index (χ0n) is 13.9. The molecule has 25 heavy (non-hydrogen) atoms. The van der Waals surface area contributed by atoms with Crippen molar-refractivity contribution in [2.24, 2.45) is 0 Å². The van der Waals surface area contributed by atoms with Crippen molar-refractivity contribution in [2.45, 2.75) is 19.5 Å². The molecule has 1 aliphatic rings. The summed E-state index contributed by atoms with van der Waals surface area (Å²) in [6, 6.07) is 22.2. The van der Waals surface area contributed by atoms with Gasteiger partial charge in [-0.25, -0.2) is 0 Å². The number of fused-ring (bicyclic) bond motifs is 4. The average molecular weight is 367 g/mol. The van der Waals surface area contributed by atoms with E-state index in [1.54, 1.807) is 0 Å². The second-order valence-electron chi connectivity index (χ2n) is 6.39. The molecule has 2 aromatic heterocycles. The molecule has 4 heteroatoms. The summed E-state index contributed by atoms with van der Waals surface area (Å²) in [4.78, 5) is 1.38. The Morgan fingerprint density at radius 2 is 1.92 bits per heavy atom. The maximum atomic E-state index is 3.77. The van der Waals surface area contributed by atoms with E-state index in [4.69, 9.17) is 0 Å². The fourth-order valence-corrected chi connectivity index (χ4v) is 4.90. The highest BCUT2D eigenvalue weighted by Gasteiger charge is 2.24. The van der Waals surface area contributed by atoms with E-state index >= 15 is 0 Å². The van der Waals surface area contributed by atoms with Crippen LogP contribution >= 0.6 is 23.7 Å². The third kappa shape index (κ3) is 2.60. The van der Waals surface area contributed by atoms with Crippen LogP contribution in [0.15, 0.2) is 66.9 Å². The first-order chi connectivity index (χ1) is 11.8. The van der Waals surface area contributed by atoms with Gasteiger partial charge in [-0.15, -0.1) is 23.7 Å². The highest BCUT2D eigenvalue weighted by atomic mass is 35.5. The number of rotatable bonds is 1. The molecule has 0 fully saturated rings. The second kappa shape index (κ2) is 6.34. The van der Waals surface area contributed by atoms with Gasteiger partial charge in [0.25, 0.3) is 0 Å². The lowest BCUT2D eigenvalue weighted by Crippen LogP contribution is -2.20. The molecule has 3 heterocycles. The highest BCUT2D eigenvalue weighted by molar-refractivity contribution is 7.19. The number of benzene rings is 2. The number of halogens is 1. The first-order valence-electron chi connectivity index (χ1n) is 8.29. The molecular weight excluding hydrogens is 348 g/mol. The molecular formula is C21H19ClN2S. The summed E-state index contributed by atoms with van der Waals surface area (Å²) in [6.07, 6.45) is 2.19. The van der Waals surface area contributed by atoms with E-state index in [0.717, 1.165) is 6.54 Å². The maximum Gasteiger partial charge on any atom is 0.0831 e. The van der Waals surface area contributed by atoms with Gasteiger partial charge in [0.2, 0.25) is 0 Å². The van der Waals surface area contributed by atoms with Gasteiger partial charge in [-0.2, -0.15) is 0 Å². The Morgan fingerprint density at radius 1 is 1.04 bits per heavy atom. The Morgan fingerprint density at radius 3 is 2.80 bits per heavy atom. The number of para-hydroxylation sites is 1. The monoisotopic (exact) mass is 366 g/mol. The molecule has 1 atom stereocenters. The molecule has 2 nitrogen and oxygen atoms in total. The minimum atomic E-state index is 0. The van der Waals surface area contributed by atoms with E-state index in [1.807, 2.05) is 11.3 Å². The van der Waals surface area contributed by atoms with E-state index in [-0.39, 0.29) is 18.4 Å². The Balaban J connectivity index is 0.00000157. The molecule has 0 saturated carbocycles. The van der Waals surface area contributed by atoms with Crippen LogP contribution in [0.1, 0.15) is 27.7 Å². The lowest BCUT2D eigenvalue weighted by molar-refractivity contribution is 0.609. The van der Waals surface area contributed by atoms with Crippen LogP contribution in [0.25, 0.3) is 15.8 Å². The van der Waals surface area contributed by atoms with Crippen molar-refractivity contribution in [2.75, 3.05) is 0 Å².